The summed E-state index contributed by atoms with van der Waals surface area (Å²) in [6.45, 7) is 0.273. The zero-order valence-electron chi connectivity index (χ0n) is 17.7. The summed E-state index contributed by atoms with van der Waals surface area (Å²) in [5.74, 6) is 1.72. The molecule has 0 radical (unpaired) electrons. The van der Waals surface area contributed by atoms with Crippen molar-refractivity contribution in [3.63, 3.8) is 0 Å². The second-order valence-corrected chi connectivity index (χ2v) is 8.39. The smallest absolute Gasteiger partial charge is 0.247 e. The zero-order chi connectivity index (χ0) is 22.4. The maximum absolute atomic E-state index is 13.1. The van der Waals surface area contributed by atoms with Crippen LogP contribution in [0.25, 0.3) is 5.65 Å². The number of fused-ring (bicyclic) bond motifs is 1. The van der Waals surface area contributed by atoms with Crippen molar-refractivity contribution in [3.8, 4) is 0 Å². The Hall–Kier alpha value is -3.99. The molecule has 2 atom stereocenters. The van der Waals surface area contributed by atoms with E-state index in [1.807, 2.05) is 28.8 Å². The molecule has 1 saturated heterocycles. The number of carbonyl (C=O) groups excluding carboxylic acids is 1. The number of rotatable bonds is 6. The first-order chi connectivity index (χ1) is 16.2. The summed E-state index contributed by atoms with van der Waals surface area (Å²) in [6, 6.07) is 8.98. The molecule has 6 rings (SSSR count). The molecule has 11 heteroatoms. The summed E-state index contributed by atoms with van der Waals surface area (Å²) >= 11 is 0. The number of H-pyrrole nitrogens is 1. The van der Waals surface area contributed by atoms with Crippen molar-refractivity contribution in [2.24, 2.45) is 0 Å². The van der Waals surface area contributed by atoms with Gasteiger partial charge in [0.05, 0.1) is 24.2 Å². The summed E-state index contributed by atoms with van der Waals surface area (Å²) in [6.07, 6.45) is 8.63. The Balaban J connectivity index is 1.38. The van der Waals surface area contributed by atoms with E-state index in [1.165, 1.54) is 0 Å². The van der Waals surface area contributed by atoms with Crippen LogP contribution in [0.1, 0.15) is 19.3 Å². The average molecular weight is 445 g/mol. The van der Waals surface area contributed by atoms with Crippen molar-refractivity contribution < 1.29 is 9.90 Å². The van der Waals surface area contributed by atoms with Crippen molar-refractivity contribution in [2.45, 2.75) is 37.5 Å². The van der Waals surface area contributed by atoms with Crippen LogP contribution in [0.3, 0.4) is 0 Å². The Morgan fingerprint density at radius 2 is 2.09 bits per heavy atom. The van der Waals surface area contributed by atoms with Crippen molar-refractivity contribution in [1.29, 1.82) is 0 Å². The molecule has 0 bridgehead atoms. The van der Waals surface area contributed by atoms with Gasteiger partial charge >= 0.3 is 0 Å². The van der Waals surface area contributed by atoms with Gasteiger partial charge in [-0.05, 0) is 37.1 Å². The second kappa shape index (κ2) is 7.85. The van der Waals surface area contributed by atoms with Crippen LogP contribution in [0.5, 0.6) is 0 Å². The fourth-order valence-electron chi connectivity index (χ4n) is 4.33. The third-order valence-corrected chi connectivity index (χ3v) is 6.00. The molecule has 1 amide bonds. The van der Waals surface area contributed by atoms with Crippen LogP contribution in [-0.4, -0.2) is 65.3 Å². The summed E-state index contributed by atoms with van der Waals surface area (Å²) in [5, 5.41) is 20.5. The van der Waals surface area contributed by atoms with Gasteiger partial charge in [0.25, 0.3) is 0 Å². The summed E-state index contributed by atoms with van der Waals surface area (Å²) in [5.41, 5.74) is 1.32. The van der Waals surface area contributed by atoms with Gasteiger partial charge in [0.2, 0.25) is 17.8 Å². The fourth-order valence-corrected chi connectivity index (χ4v) is 4.33. The SMILES string of the molecule is O=C(Nc1cccnc1)[C@@H]1C[C@H](O)CN1c1nc(N(c2ccn[nH]2)C2CC2)n2cccc2n1. The van der Waals surface area contributed by atoms with Crippen LogP contribution in [0.15, 0.2) is 55.1 Å². The van der Waals surface area contributed by atoms with Crippen LogP contribution in [0, 0.1) is 0 Å². The highest BCUT2D eigenvalue weighted by molar-refractivity contribution is 5.97. The highest BCUT2D eigenvalue weighted by Gasteiger charge is 2.39. The Kier molecular flexibility index (Phi) is 4.68. The van der Waals surface area contributed by atoms with Gasteiger partial charge in [-0.25, -0.2) is 0 Å². The van der Waals surface area contributed by atoms with E-state index in [0.29, 0.717) is 35.7 Å². The number of hydrogen-bond acceptors (Lipinski definition) is 8. The number of aliphatic hydroxyl groups excluding tert-OH is 1. The van der Waals surface area contributed by atoms with E-state index < -0.39 is 12.1 Å². The lowest BCUT2D eigenvalue weighted by Gasteiger charge is -2.27. The standard InChI is InChI=1S/C22H23N9O2/c32-16-11-17(20(33)25-14-3-1-8-23-12-14)30(13-16)21-26-18-4-2-10-29(18)22(27-21)31(15-5-6-15)19-7-9-24-28-19/h1-4,7-10,12,15-17,32H,5-6,11,13H2,(H,24,28)(H,25,33)/t16-,17-/m0/s1. The number of aromatic nitrogens is 6. The molecule has 33 heavy (non-hydrogen) atoms. The van der Waals surface area contributed by atoms with Gasteiger partial charge in [-0.1, -0.05) is 0 Å². The number of pyridine rings is 1. The average Bonchev–Trinajstić information content (AvgIpc) is 3.19. The first kappa shape index (κ1) is 19.7. The molecule has 4 aromatic rings. The predicted octanol–water partition coefficient (Wildman–Crippen LogP) is 1.73. The van der Waals surface area contributed by atoms with Gasteiger partial charge in [0.15, 0.2) is 0 Å². The minimum absolute atomic E-state index is 0.229. The van der Waals surface area contributed by atoms with E-state index in [-0.39, 0.29) is 12.5 Å². The molecular weight excluding hydrogens is 422 g/mol. The third-order valence-electron chi connectivity index (χ3n) is 6.00. The number of hydrogen-bond donors (Lipinski definition) is 3. The fraction of sp³-hybridized carbons (Fsp3) is 0.318. The molecule has 168 valence electrons. The summed E-state index contributed by atoms with van der Waals surface area (Å²) < 4.78 is 1.93. The first-order valence-corrected chi connectivity index (χ1v) is 11.0. The minimum atomic E-state index is -0.656. The minimum Gasteiger partial charge on any atom is -0.391 e. The first-order valence-electron chi connectivity index (χ1n) is 11.0. The van der Waals surface area contributed by atoms with Gasteiger partial charge in [0.1, 0.15) is 17.5 Å². The van der Waals surface area contributed by atoms with Gasteiger partial charge in [-0.15, -0.1) is 0 Å². The number of β-amino-alcohol motifs (C(OH)–C–C–N with tert-alkyl or cyclic N) is 1. The van der Waals surface area contributed by atoms with Gasteiger partial charge in [0, 0.05) is 37.5 Å². The molecule has 1 aliphatic carbocycles. The normalized spacial score (nSPS) is 20.3. The number of nitrogens with one attached hydrogen (secondary N) is 2. The van der Waals surface area contributed by atoms with Crippen LogP contribution in [0.4, 0.5) is 23.4 Å². The molecule has 0 spiro atoms. The maximum atomic E-state index is 13.1. The number of amides is 1. The maximum Gasteiger partial charge on any atom is 0.247 e. The third kappa shape index (κ3) is 3.65. The van der Waals surface area contributed by atoms with Crippen molar-refractivity contribution in [2.75, 3.05) is 21.7 Å². The highest BCUT2D eigenvalue weighted by Crippen LogP contribution is 2.37. The Bertz CT molecular complexity index is 1270. The zero-order valence-corrected chi connectivity index (χ0v) is 17.7. The van der Waals surface area contributed by atoms with Gasteiger partial charge in [-0.2, -0.15) is 15.1 Å². The van der Waals surface area contributed by atoms with E-state index >= 15 is 0 Å². The Morgan fingerprint density at radius 3 is 2.85 bits per heavy atom. The summed E-state index contributed by atoms with van der Waals surface area (Å²) in [4.78, 5) is 30.7. The molecule has 3 N–H and O–H groups in total. The molecule has 11 nitrogen and oxygen atoms in total. The van der Waals surface area contributed by atoms with E-state index in [4.69, 9.17) is 9.97 Å². The molecule has 2 fully saturated rings. The van der Waals surface area contributed by atoms with Crippen molar-refractivity contribution in [3.05, 3.63) is 55.1 Å². The van der Waals surface area contributed by atoms with Gasteiger partial charge in [-0.3, -0.25) is 24.2 Å². The molecule has 5 heterocycles. The largest absolute Gasteiger partial charge is 0.391 e. The van der Waals surface area contributed by atoms with Crippen LogP contribution < -0.4 is 15.1 Å². The second-order valence-electron chi connectivity index (χ2n) is 8.39. The van der Waals surface area contributed by atoms with E-state index in [1.54, 1.807) is 35.6 Å². The molecule has 4 aromatic heterocycles. The number of carbonyl (C=O) groups is 1. The van der Waals surface area contributed by atoms with Crippen LogP contribution >= 0.6 is 0 Å². The lowest BCUT2D eigenvalue weighted by molar-refractivity contribution is -0.117. The van der Waals surface area contributed by atoms with Gasteiger partial charge < -0.3 is 15.3 Å². The number of aliphatic hydroxyl groups is 1. The quantitative estimate of drug-likeness (QED) is 0.409. The highest BCUT2D eigenvalue weighted by atomic mass is 16.3. The lowest BCUT2D eigenvalue weighted by Crippen LogP contribution is -2.41. The van der Waals surface area contributed by atoms with E-state index in [9.17, 15) is 9.90 Å². The van der Waals surface area contributed by atoms with E-state index in [0.717, 1.165) is 18.7 Å². The molecule has 1 saturated carbocycles. The lowest BCUT2D eigenvalue weighted by atomic mass is 10.2. The summed E-state index contributed by atoms with van der Waals surface area (Å²) in [7, 11) is 0. The van der Waals surface area contributed by atoms with Crippen LogP contribution in [-0.2, 0) is 4.79 Å². The molecule has 2 aliphatic rings. The Labute approximate surface area is 189 Å². The molecular formula is C22H23N9O2. The number of anilines is 4. The predicted molar refractivity (Wildman–Crippen MR) is 121 cm³/mol. The van der Waals surface area contributed by atoms with Crippen molar-refractivity contribution >= 4 is 35.0 Å². The number of nitrogens with zero attached hydrogens (tertiary/aromatic N) is 7. The monoisotopic (exact) mass is 445 g/mol. The molecule has 1 aliphatic heterocycles. The molecule has 0 unspecified atom stereocenters. The van der Waals surface area contributed by atoms with Crippen LogP contribution in [0.2, 0.25) is 0 Å². The molecule has 0 aromatic carbocycles. The number of aromatic amines is 1. The van der Waals surface area contributed by atoms with E-state index in [2.05, 4.69) is 25.4 Å². The topological polar surface area (TPSA) is 128 Å². The van der Waals surface area contributed by atoms with Crippen molar-refractivity contribution in [1.82, 2.24) is 29.5 Å². The Morgan fingerprint density at radius 1 is 1.18 bits per heavy atom.